The first-order valence-electron chi connectivity index (χ1n) is 10.5. The van der Waals surface area contributed by atoms with Crippen molar-refractivity contribution in [1.82, 2.24) is 20.1 Å². The minimum absolute atomic E-state index is 0.143. The first-order chi connectivity index (χ1) is 16.5. The predicted molar refractivity (Wildman–Crippen MR) is 132 cm³/mol. The number of phenolic OH excluding ortho intramolecular Hbond substituents is 1. The molecule has 1 amide bonds. The number of amides is 1. The number of aromatic hydroxyl groups is 1. The lowest BCUT2D eigenvalue weighted by molar-refractivity contribution is -0.118. The van der Waals surface area contributed by atoms with Crippen molar-refractivity contribution in [3.05, 3.63) is 79.0 Å². The molecular weight excluding hydrogens is 454 g/mol. The molecule has 0 fully saturated rings. The number of thioether (sulfide) groups is 1. The molecule has 0 aliphatic heterocycles. The Balaban J connectivity index is 1.77. The number of benzene rings is 2. The summed E-state index contributed by atoms with van der Waals surface area (Å²) >= 11 is 1.27. The molecule has 10 heteroatoms. The molecule has 0 saturated carbocycles. The van der Waals surface area contributed by atoms with Gasteiger partial charge in [0, 0.05) is 5.69 Å². The molecule has 0 radical (unpaired) electrons. The average Bonchev–Trinajstić information content (AvgIpc) is 3.27. The number of methoxy groups -OCH3 is 1. The van der Waals surface area contributed by atoms with Crippen LogP contribution in [0.2, 0.25) is 0 Å². The van der Waals surface area contributed by atoms with Gasteiger partial charge in [-0.3, -0.25) is 9.36 Å². The SMILES string of the molecule is C=CO/C(=C\C)CNC(=O)CSc1nnc(CNc2ccc(O)cc2)n1-c1ccccc1OC. The van der Waals surface area contributed by atoms with Crippen LogP contribution in [0, 0.1) is 0 Å². The third-order valence-corrected chi connectivity index (χ3v) is 5.62. The van der Waals surface area contributed by atoms with Crippen molar-refractivity contribution in [3.63, 3.8) is 0 Å². The van der Waals surface area contributed by atoms with Crippen molar-refractivity contribution in [2.45, 2.75) is 18.6 Å². The third kappa shape index (κ3) is 6.55. The number of phenols is 1. The maximum Gasteiger partial charge on any atom is 0.230 e. The Kier molecular flexibility index (Phi) is 8.98. The summed E-state index contributed by atoms with van der Waals surface area (Å²) in [5.74, 6) is 2.06. The van der Waals surface area contributed by atoms with Gasteiger partial charge in [0.05, 0.1) is 37.9 Å². The molecule has 3 aromatic rings. The van der Waals surface area contributed by atoms with Gasteiger partial charge in [0.15, 0.2) is 11.0 Å². The highest BCUT2D eigenvalue weighted by atomic mass is 32.2. The monoisotopic (exact) mass is 481 g/mol. The Morgan fingerprint density at radius 1 is 1.21 bits per heavy atom. The molecule has 0 saturated heterocycles. The summed E-state index contributed by atoms with van der Waals surface area (Å²) in [6, 6.07) is 14.3. The zero-order chi connectivity index (χ0) is 24.3. The highest BCUT2D eigenvalue weighted by molar-refractivity contribution is 7.99. The van der Waals surface area contributed by atoms with E-state index >= 15 is 0 Å². The second-order valence-corrected chi connectivity index (χ2v) is 7.85. The van der Waals surface area contributed by atoms with Gasteiger partial charge in [0.2, 0.25) is 5.91 Å². The van der Waals surface area contributed by atoms with Crippen LogP contribution in [0.4, 0.5) is 5.69 Å². The number of carbonyl (C=O) groups excluding carboxylic acids is 1. The molecule has 34 heavy (non-hydrogen) atoms. The lowest BCUT2D eigenvalue weighted by Gasteiger charge is -2.14. The van der Waals surface area contributed by atoms with Gasteiger partial charge >= 0.3 is 0 Å². The highest BCUT2D eigenvalue weighted by Gasteiger charge is 2.18. The van der Waals surface area contributed by atoms with Crippen molar-refractivity contribution in [3.8, 4) is 17.2 Å². The van der Waals surface area contributed by atoms with Gasteiger partial charge in [-0.15, -0.1) is 10.2 Å². The third-order valence-electron chi connectivity index (χ3n) is 4.69. The van der Waals surface area contributed by atoms with Crippen LogP contribution in [0.15, 0.2) is 78.4 Å². The number of allylic oxidation sites excluding steroid dienone is 1. The van der Waals surface area contributed by atoms with Gasteiger partial charge in [0.25, 0.3) is 0 Å². The van der Waals surface area contributed by atoms with Crippen LogP contribution in [0.5, 0.6) is 11.5 Å². The fraction of sp³-hybridized carbons (Fsp3) is 0.208. The Morgan fingerprint density at radius 3 is 2.68 bits per heavy atom. The maximum atomic E-state index is 12.4. The van der Waals surface area contributed by atoms with Crippen LogP contribution in [0.3, 0.4) is 0 Å². The summed E-state index contributed by atoms with van der Waals surface area (Å²) in [6.07, 6.45) is 3.08. The van der Waals surface area contributed by atoms with E-state index in [-0.39, 0.29) is 24.0 Å². The Hall–Kier alpha value is -3.92. The highest BCUT2D eigenvalue weighted by Crippen LogP contribution is 2.29. The van der Waals surface area contributed by atoms with E-state index in [4.69, 9.17) is 9.47 Å². The molecule has 0 aliphatic carbocycles. The topological polar surface area (TPSA) is 111 Å². The molecule has 0 bridgehead atoms. The molecule has 0 aliphatic rings. The van der Waals surface area contributed by atoms with E-state index in [2.05, 4.69) is 27.4 Å². The molecular formula is C24H27N5O4S. The van der Waals surface area contributed by atoms with Crippen LogP contribution in [-0.2, 0) is 16.1 Å². The summed E-state index contributed by atoms with van der Waals surface area (Å²) < 4.78 is 12.6. The summed E-state index contributed by atoms with van der Waals surface area (Å²) in [5, 5.41) is 24.8. The summed E-state index contributed by atoms with van der Waals surface area (Å²) in [5.41, 5.74) is 1.58. The lowest BCUT2D eigenvalue weighted by atomic mass is 10.3. The van der Waals surface area contributed by atoms with Crippen molar-refractivity contribution in [1.29, 1.82) is 0 Å². The molecule has 2 aromatic carbocycles. The second-order valence-electron chi connectivity index (χ2n) is 6.91. The Morgan fingerprint density at radius 2 is 1.97 bits per heavy atom. The molecule has 1 heterocycles. The van der Waals surface area contributed by atoms with Crippen molar-refractivity contribution >= 4 is 23.4 Å². The number of ether oxygens (including phenoxy) is 2. The molecule has 178 valence electrons. The van der Waals surface area contributed by atoms with Crippen LogP contribution in [0.25, 0.3) is 5.69 Å². The summed E-state index contributed by atoms with van der Waals surface area (Å²) in [6.45, 7) is 5.98. The molecule has 3 N–H and O–H groups in total. The number of nitrogens with zero attached hydrogens (tertiary/aromatic N) is 3. The number of nitrogens with one attached hydrogen (secondary N) is 2. The van der Waals surface area contributed by atoms with Crippen molar-refractivity contribution < 1.29 is 19.4 Å². The van der Waals surface area contributed by atoms with Gasteiger partial charge in [0.1, 0.15) is 17.3 Å². The minimum Gasteiger partial charge on any atom is -0.508 e. The van der Waals surface area contributed by atoms with Gasteiger partial charge < -0.3 is 25.2 Å². The first kappa shape index (κ1) is 24.7. The number of carbonyl (C=O) groups is 1. The van der Waals surface area contributed by atoms with E-state index in [0.29, 0.717) is 29.0 Å². The van der Waals surface area contributed by atoms with Gasteiger partial charge in [-0.2, -0.15) is 0 Å². The second kappa shape index (κ2) is 12.4. The molecule has 1 aromatic heterocycles. The largest absolute Gasteiger partial charge is 0.508 e. The minimum atomic E-state index is -0.171. The smallest absolute Gasteiger partial charge is 0.230 e. The van der Waals surface area contributed by atoms with E-state index in [9.17, 15) is 9.90 Å². The van der Waals surface area contributed by atoms with Crippen molar-refractivity contribution in [2.24, 2.45) is 0 Å². The summed E-state index contributed by atoms with van der Waals surface area (Å²) in [4.78, 5) is 12.4. The van der Waals surface area contributed by atoms with E-state index < -0.39 is 0 Å². The molecule has 0 spiro atoms. The number of hydrogen-bond donors (Lipinski definition) is 3. The molecule has 0 unspecified atom stereocenters. The number of anilines is 1. The molecule has 9 nitrogen and oxygen atoms in total. The van der Waals surface area contributed by atoms with Crippen LogP contribution < -0.4 is 15.4 Å². The van der Waals surface area contributed by atoms with Gasteiger partial charge in [-0.1, -0.05) is 30.5 Å². The van der Waals surface area contributed by atoms with Crippen LogP contribution >= 0.6 is 11.8 Å². The predicted octanol–water partition coefficient (Wildman–Crippen LogP) is 3.87. The van der Waals surface area contributed by atoms with E-state index in [0.717, 1.165) is 11.4 Å². The van der Waals surface area contributed by atoms with E-state index in [1.165, 1.54) is 18.0 Å². The zero-order valence-corrected chi connectivity index (χ0v) is 19.8. The maximum absolute atomic E-state index is 12.4. The van der Waals surface area contributed by atoms with Crippen LogP contribution in [-0.4, -0.2) is 45.2 Å². The first-order valence-corrected chi connectivity index (χ1v) is 11.5. The quantitative estimate of drug-likeness (QED) is 0.203. The average molecular weight is 482 g/mol. The lowest BCUT2D eigenvalue weighted by Crippen LogP contribution is -2.27. The number of rotatable bonds is 12. The van der Waals surface area contributed by atoms with E-state index in [1.807, 2.05) is 35.8 Å². The fourth-order valence-corrected chi connectivity index (χ4v) is 3.80. The normalized spacial score (nSPS) is 11.1. The standard InChI is InChI=1S/C24H27N5O4S/c1-4-19(33-5-2)14-26-23(31)16-34-24-28-27-22(15-25-17-10-12-18(30)13-11-17)29(24)20-8-6-7-9-21(20)32-3/h4-13,25,30H,2,14-16H2,1,3H3,(H,26,31)/b19-4-. The summed E-state index contributed by atoms with van der Waals surface area (Å²) in [7, 11) is 1.60. The Labute approximate surface area is 202 Å². The van der Waals surface area contributed by atoms with E-state index in [1.54, 1.807) is 37.5 Å². The van der Waals surface area contributed by atoms with Gasteiger partial charge in [-0.05, 0) is 49.4 Å². The number of para-hydroxylation sites is 2. The zero-order valence-electron chi connectivity index (χ0n) is 19.0. The van der Waals surface area contributed by atoms with Crippen LogP contribution in [0.1, 0.15) is 12.7 Å². The van der Waals surface area contributed by atoms with Crippen molar-refractivity contribution in [2.75, 3.05) is 24.7 Å². The number of hydrogen-bond acceptors (Lipinski definition) is 8. The number of aromatic nitrogens is 3. The fourth-order valence-electron chi connectivity index (χ4n) is 3.01. The Bertz CT molecular complexity index is 1140. The van der Waals surface area contributed by atoms with Gasteiger partial charge in [-0.25, -0.2) is 0 Å². The molecule has 0 atom stereocenters. The molecule has 3 rings (SSSR count).